The third-order valence-corrected chi connectivity index (χ3v) is 13.2. The van der Waals surface area contributed by atoms with Crippen LogP contribution in [0.1, 0.15) is 106 Å². The first-order valence-corrected chi connectivity index (χ1v) is 13.7. The number of rotatable bonds is 2. The predicted molar refractivity (Wildman–Crippen MR) is 129 cm³/mol. The van der Waals surface area contributed by atoms with Gasteiger partial charge in [0.2, 0.25) is 0 Å². The molecule has 2 unspecified atom stereocenters. The molecule has 0 amide bonds. The summed E-state index contributed by atoms with van der Waals surface area (Å²) in [5.41, 5.74) is 0.819. The molecule has 5 aliphatic carbocycles. The maximum atomic E-state index is 12.9. The minimum absolute atomic E-state index is 0. The first-order chi connectivity index (χ1) is 15.3. The molecule has 0 spiro atoms. The Balaban J connectivity index is 0.00000274. The van der Waals surface area contributed by atoms with E-state index < -0.39 is 11.4 Å². The normalized spacial score (nSPS) is 51.2. The zero-order valence-electron chi connectivity index (χ0n) is 22.9. The molecule has 0 heterocycles. The molecule has 0 N–H and O–H groups in total. The molecule has 3 nitrogen and oxygen atoms in total. The van der Waals surface area contributed by atoms with E-state index >= 15 is 0 Å². The van der Waals surface area contributed by atoms with Crippen molar-refractivity contribution in [2.45, 2.75) is 106 Å². The second kappa shape index (κ2) is 8.19. The maximum absolute atomic E-state index is 12.9. The Bertz CT molecular complexity index is 909. The fourth-order valence-corrected chi connectivity index (χ4v) is 11.3. The summed E-state index contributed by atoms with van der Waals surface area (Å²) in [4.78, 5) is 25.5. The largest absolute Gasteiger partial charge is 1.00 e. The molecule has 0 bridgehead atoms. The van der Waals surface area contributed by atoms with Crippen molar-refractivity contribution in [2.24, 2.45) is 56.7 Å². The van der Waals surface area contributed by atoms with Gasteiger partial charge in [0, 0.05) is 23.2 Å². The van der Waals surface area contributed by atoms with E-state index in [0.29, 0.717) is 29.5 Å². The van der Waals surface area contributed by atoms with Gasteiger partial charge in [0.25, 0.3) is 0 Å². The first-order valence-electron chi connectivity index (χ1n) is 13.7. The van der Waals surface area contributed by atoms with Crippen molar-refractivity contribution in [1.82, 2.24) is 0 Å². The van der Waals surface area contributed by atoms with Crippen LogP contribution in [0.2, 0.25) is 0 Å². The van der Waals surface area contributed by atoms with Gasteiger partial charge in [0.1, 0.15) is 5.78 Å². The molecule has 0 aromatic rings. The molecule has 0 saturated heterocycles. The first kappa shape index (κ1) is 26.9. The van der Waals surface area contributed by atoms with Gasteiger partial charge in [0.05, 0.1) is 0 Å². The van der Waals surface area contributed by atoms with Gasteiger partial charge in [-0.05, 0) is 111 Å². The molecule has 0 radical (unpaired) electrons. The molecule has 0 aromatic carbocycles. The molecule has 184 valence electrons. The number of hydrogen-bond donors (Lipinski definition) is 0. The van der Waals surface area contributed by atoms with Gasteiger partial charge < -0.3 is 9.90 Å². The van der Waals surface area contributed by atoms with Crippen molar-refractivity contribution in [2.75, 3.05) is 0 Å². The van der Waals surface area contributed by atoms with E-state index in [-0.39, 0.29) is 57.1 Å². The second-order valence-electron chi connectivity index (χ2n) is 14.3. The minimum Gasteiger partial charge on any atom is -0.550 e. The Morgan fingerprint density at radius 2 is 1.56 bits per heavy atom. The van der Waals surface area contributed by atoms with Crippen molar-refractivity contribution in [3.63, 3.8) is 0 Å². The van der Waals surface area contributed by atoms with Crippen molar-refractivity contribution >= 4 is 11.8 Å². The molecule has 5 aliphatic rings. The molecule has 5 saturated carbocycles. The smallest absolute Gasteiger partial charge is 0.550 e. The molecule has 0 aliphatic heterocycles. The van der Waals surface area contributed by atoms with Crippen LogP contribution in [0.3, 0.4) is 0 Å². The van der Waals surface area contributed by atoms with Gasteiger partial charge in [-0.2, -0.15) is 0 Å². The number of fused-ring (bicyclic) bond motifs is 7. The van der Waals surface area contributed by atoms with Crippen molar-refractivity contribution in [1.29, 1.82) is 0 Å². The standard InChI is InChI=1S/C30H46O3.Na/c1-18(2)19-10-15-30(25(32)33)17-16-28(6)20(24(19)30)8-9-22-27(5)13-12-23(31)26(3,4)21(27)11-14-29(22,28)7;/h19-22,24H,1,8-17H2,2-7H3,(H,32,33);/q;+1/p-1/t19-,20+,21?,22+,24?,27-,28+,29+,30-;/m0./s1. The fraction of sp³-hybridized carbons (Fsp3) is 0.867. The van der Waals surface area contributed by atoms with Crippen molar-refractivity contribution < 1.29 is 44.3 Å². The molecular formula is C30H45NaO3. The summed E-state index contributed by atoms with van der Waals surface area (Å²) in [6.45, 7) is 18.4. The Labute approximate surface area is 229 Å². The number of ketones is 1. The molecule has 4 heteroatoms. The third-order valence-electron chi connectivity index (χ3n) is 13.2. The zero-order valence-corrected chi connectivity index (χ0v) is 24.9. The molecule has 9 atom stereocenters. The van der Waals surface area contributed by atoms with Crippen LogP contribution < -0.4 is 34.7 Å². The number of carbonyl (C=O) groups excluding carboxylic acids is 2. The van der Waals surface area contributed by atoms with Gasteiger partial charge in [-0.25, -0.2) is 0 Å². The summed E-state index contributed by atoms with van der Waals surface area (Å²) in [7, 11) is 0. The van der Waals surface area contributed by atoms with Gasteiger partial charge >= 0.3 is 29.6 Å². The van der Waals surface area contributed by atoms with Crippen molar-refractivity contribution in [3.8, 4) is 0 Å². The number of allylic oxidation sites excluding steroid dienone is 1. The molecule has 0 aromatic heterocycles. The summed E-state index contributed by atoms with van der Waals surface area (Å²) in [6.07, 6.45) is 9.84. The predicted octanol–water partition coefficient (Wildman–Crippen LogP) is 2.97. The Morgan fingerprint density at radius 1 is 0.882 bits per heavy atom. The average Bonchev–Trinajstić information content (AvgIpc) is 3.13. The summed E-state index contributed by atoms with van der Waals surface area (Å²) >= 11 is 0. The number of aliphatic carboxylic acids is 1. The number of carboxylic acid groups (broad SMARTS) is 1. The van der Waals surface area contributed by atoms with Crippen LogP contribution in [0, 0.1) is 56.7 Å². The molecule has 34 heavy (non-hydrogen) atoms. The van der Waals surface area contributed by atoms with E-state index in [9.17, 15) is 14.7 Å². The Kier molecular flexibility index (Phi) is 6.49. The Hall–Kier alpha value is -0.120. The summed E-state index contributed by atoms with van der Waals surface area (Å²) in [5, 5.41) is 12.6. The van der Waals surface area contributed by atoms with Crippen molar-refractivity contribution in [3.05, 3.63) is 12.2 Å². The summed E-state index contributed by atoms with van der Waals surface area (Å²) in [5.74, 6) is 1.64. The minimum atomic E-state index is -0.797. The van der Waals surface area contributed by atoms with E-state index in [1.807, 2.05) is 0 Å². The van der Waals surface area contributed by atoms with E-state index in [2.05, 4.69) is 48.1 Å². The van der Waals surface area contributed by atoms with Crippen LogP contribution in [-0.2, 0) is 9.59 Å². The second-order valence-corrected chi connectivity index (χ2v) is 14.3. The van der Waals surface area contributed by atoms with E-state index in [1.54, 1.807) is 0 Å². The number of Topliss-reactive ketones (excluding diaryl/α,β-unsaturated/α-hetero) is 1. The van der Waals surface area contributed by atoms with Crippen LogP contribution in [-0.4, -0.2) is 11.8 Å². The van der Waals surface area contributed by atoms with Crippen LogP contribution in [0.15, 0.2) is 12.2 Å². The topological polar surface area (TPSA) is 57.2 Å². The van der Waals surface area contributed by atoms with Gasteiger partial charge in [0.15, 0.2) is 0 Å². The van der Waals surface area contributed by atoms with Crippen LogP contribution in [0.4, 0.5) is 0 Å². The number of hydrogen-bond acceptors (Lipinski definition) is 3. The van der Waals surface area contributed by atoms with E-state index in [1.165, 1.54) is 18.4 Å². The van der Waals surface area contributed by atoms with E-state index in [0.717, 1.165) is 51.4 Å². The number of carboxylic acids is 1. The summed E-state index contributed by atoms with van der Waals surface area (Å²) in [6, 6.07) is 0. The van der Waals surface area contributed by atoms with E-state index in [4.69, 9.17) is 0 Å². The van der Waals surface area contributed by atoms with Crippen LogP contribution >= 0.6 is 0 Å². The van der Waals surface area contributed by atoms with Gasteiger partial charge in [-0.1, -0.05) is 46.8 Å². The SMILES string of the molecule is C=C(C)[C@@H]1CC[C@]2(C(=O)[O-])CC[C@]3(C)[C@H](CC[C@@H]4[C@@]5(C)CCC(=O)C(C)(C)C5CC[C@]43C)C12.[Na+]. The fourth-order valence-electron chi connectivity index (χ4n) is 11.3. The van der Waals surface area contributed by atoms with Crippen LogP contribution in [0.25, 0.3) is 0 Å². The van der Waals surface area contributed by atoms with Gasteiger partial charge in [-0.3, -0.25) is 4.79 Å². The molecular weight excluding hydrogens is 431 g/mol. The quantitative estimate of drug-likeness (QED) is 0.455. The maximum Gasteiger partial charge on any atom is 1.00 e. The van der Waals surface area contributed by atoms with Gasteiger partial charge in [-0.15, -0.1) is 0 Å². The molecule has 5 fully saturated rings. The zero-order chi connectivity index (χ0) is 24.2. The Morgan fingerprint density at radius 3 is 2.18 bits per heavy atom. The average molecular weight is 477 g/mol. The third kappa shape index (κ3) is 3.11. The number of carbonyl (C=O) groups is 2. The molecule has 5 rings (SSSR count). The summed E-state index contributed by atoms with van der Waals surface area (Å²) < 4.78 is 0. The van der Waals surface area contributed by atoms with Crippen LogP contribution in [0.5, 0.6) is 0 Å². The monoisotopic (exact) mass is 476 g/mol.